The summed E-state index contributed by atoms with van der Waals surface area (Å²) in [4.78, 5) is 43.7. The number of benzene rings is 2. The van der Waals surface area contributed by atoms with Crippen molar-refractivity contribution in [1.82, 2.24) is 10.2 Å². The van der Waals surface area contributed by atoms with E-state index in [1.807, 2.05) is 6.07 Å². The van der Waals surface area contributed by atoms with Gasteiger partial charge in [-0.1, -0.05) is 23.7 Å². The summed E-state index contributed by atoms with van der Waals surface area (Å²) in [6.07, 6.45) is 0.189. The van der Waals surface area contributed by atoms with Crippen LogP contribution in [0.5, 0.6) is 0 Å². The van der Waals surface area contributed by atoms with Crippen molar-refractivity contribution < 1.29 is 23.5 Å². The topological polar surface area (TPSA) is 100 Å². The summed E-state index contributed by atoms with van der Waals surface area (Å²) in [5.74, 6) is -1.87. The van der Waals surface area contributed by atoms with E-state index in [4.69, 9.17) is 16.3 Å². The van der Waals surface area contributed by atoms with E-state index in [9.17, 15) is 18.8 Å². The molecule has 0 spiro atoms. The minimum Gasteiger partial charge on any atom is -0.462 e. The van der Waals surface area contributed by atoms with Crippen molar-refractivity contribution in [2.45, 2.75) is 39.3 Å². The van der Waals surface area contributed by atoms with E-state index < -0.39 is 24.0 Å². The second kappa shape index (κ2) is 12.6. The Hall–Kier alpha value is -3.30. The second-order valence-electron chi connectivity index (χ2n) is 8.78. The Morgan fingerprint density at radius 1 is 1.19 bits per heavy atom. The van der Waals surface area contributed by atoms with E-state index in [0.29, 0.717) is 41.5 Å². The lowest BCUT2D eigenvalue weighted by Gasteiger charge is -2.39. The molecule has 0 saturated heterocycles. The first-order chi connectivity index (χ1) is 17.2. The van der Waals surface area contributed by atoms with Gasteiger partial charge in [-0.2, -0.15) is 0 Å². The number of halogens is 2. The minimum atomic E-state index is -0.766. The zero-order chi connectivity index (χ0) is 26.2. The van der Waals surface area contributed by atoms with Gasteiger partial charge in [-0.05, 0) is 75.7 Å². The van der Waals surface area contributed by atoms with Crippen molar-refractivity contribution in [2.24, 2.45) is 10.9 Å². The third-order valence-corrected chi connectivity index (χ3v) is 5.82. The van der Waals surface area contributed by atoms with Crippen molar-refractivity contribution in [2.75, 3.05) is 25.0 Å². The molecule has 36 heavy (non-hydrogen) atoms. The number of aliphatic imine (C=N–C) groups is 1. The highest BCUT2D eigenvalue weighted by Crippen LogP contribution is 2.36. The van der Waals surface area contributed by atoms with E-state index >= 15 is 0 Å². The number of anilines is 1. The number of carbonyl (C=O) groups is 3. The number of urea groups is 1. The van der Waals surface area contributed by atoms with E-state index in [0.717, 1.165) is 0 Å². The first-order valence-corrected chi connectivity index (χ1v) is 12.1. The molecule has 1 aliphatic heterocycles. The van der Waals surface area contributed by atoms with Crippen LogP contribution >= 0.6 is 11.6 Å². The normalized spacial score (nSPS) is 17.7. The van der Waals surface area contributed by atoms with E-state index in [1.54, 1.807) is 43.9 Å². The maximum absolute atomic E-state index is 13.0. The fourth-order valence-corrected chi connectivity index (χ4v) is 4.23. The molecule has 10 heteroatoms. The summed E-state index contributed by atoms with van der Waals surface area (Å²) in [5.41, 5.74) is 1.60. The van der Waals surface area contributed by atoms with Gasteiger partial charge in [0.1, 0.15) is 11.7 Å². The molecule has 2 unspecified atom stereocenters. The SMILES string of the molecule is CC1=NC(=O)N(CCCNCC(=O)Nc2ccc(F)cc2)C(c2cccc(Cl)c2)C1C(=O)OC(C)C. The number of ether oxygens (including phenoxy) is 1. The van der Waals surface area contributed by atoms with Gasteiger partial charge in [0.25, 0.3) is 0 Å². The van der Waals surface area contributed by atoms with Gasteiger partial charge < -0.3 is 20.3 Å². The number of amides is 3. The van der Waals surface area contributed by atoms with E-state index in [1.165, 1.54) is 24.3 Å². The molecule has 8 nitrogen and oxygen atoms in total. The monoisotopic (exact) mass is 516 g/mol. The summed E-state index contributed by atoms with van der Waals surface area (Å²) >= 11 is 6.22. The van der Waals surface area contributed by atoms with Crippen LogP contribution in [0.15, 0.2) is 53.5 Å². The molecule has 2 aromatic rings. The average Bonchev–Trinajstić information content (AvgIpc) is 2.80. The van der Waals surface area contributed by atoms with Crippen LogP contribution in [0.4, 0.5) is 14.9 Å². The second-order valence-corrected chi connectivity index (χ2v) is 9.21. The van der Waals surface area contributed by atoms with Gasteiger partial charge in [0.2, 0.25) is 5.91 Å². The third-order valence-electron chi connectivity index (χ3n) is 5.58. The van der Waals surface area contributed by atoms with Gasteiger partial charge in [0, 0.05) is 23.0 Å². The number of carbonyl (C=O) groups excluding carboxylic acids is 3. The molecule has 192 valence electrons. The van der Waals surface area contributed by atoms with Crippen LogP contribution in [-0.4, -0.2) is 54.3 Å². The van der Waals surface area contributed by atoms with Gasteiger partial charge in [-0.25, -0.2) is 14.2 Å². The first-order valence-electron chi connectivity index (χ1n) is 11.7. The van der Waals surface area contributed by atoms with Crippen LogP contribution in [0, 0.1) is 11.7 Å². The fraction of sp³-hybridized carbons (Fsp3) is 0.385. The van der Waals surface area contributed by atoms with Crippen molar-refractivity contribution in [3.8, 4) is 0 Å². The lowest BCUT2D eigenvalue weighted by atomic mass is 9.86. The highest BCUT2D eigenvalue weighted by Gasteiger charge is 2.43. The molecule has 0 saturated carbocycles. The van der Waals surface area contributed by atoms with E-state index in [2.05, 4.69) is 15.6 Å². The van der Waals surface area contributed by atoms with Crippen molar-refractivity contribution in [3.05, 3.63) is 64.9 Å². The minimum absolute atomic E-state index is 0.0453. The lowest BCUT2D eigenvalue weighted by Crippen LogP contribution is -2.48. The van der Waals surface area contributed by atoms with Gasteiger partial charge in [-0.3, -0.25) is 9.59 Å². The van der Waals surface area contributed by atoms with Gasteiger partial charge in [0.05, 0.1) is 18.7 Å². The molecule has 0 bridgehead atoms. The van der Waals surface area contributed by atoms with Crippen LogP contribution in [0.2, 0.25) is 5.02 Å². The molecule has 0 aromatic heterocycles. The largest absolute Gasteiger partial charge is 0.462 e. The maximum atomic E-state index is 13.0. The van der Waals surface area contributed by atoms with Crippen molar-refractivity contribution in [3.63, 3.8) is 0 Å². The summed E-state index contributed by atoms with van der Waals surface area (Å²) in [7, 11) is 0. The summed E-state index contributed by atoms with van der Waals surface area (Å²) < 4.78 is 18.5. The summed E-state index contributed by atoms with van der Waals surface area (Å²) in [6, 6.07) is 11.5. The molecular formula is C26H30ClFN4O4. The average molecular weight is 517 g/mol. The van der Waals surface area contributed by atoms with Crippen LogP contribution < -0.4 is 10.6 Å². The Balaban J connectivity index is 1.65. The van der Waals surface area contributed by atoms with Crippen molar-refractivity contribution in [1.29, 1.82) is 0 Å². The highest BCUT2D eigenvalue weighted by atomic mass is 35.5. The predicted octanol–water partition coefficient (Wildman–Crippen LogP) is 4.60. The van der Waals surface area contributed by atoms with Gasteiger partial charge >= 0.3 is 12.0 Å². The Labute approximate surface area is 214 Å². The van der Waals surface area contributed by atoms with Crippen LogP contribution in [-0.2, 0) is 14.3 Å². The lowest BCUT2D eigenvalue weighted by molar-refractivity contribution is -0.151. The molecule has 3 rings (SSSR count). The fourth-order valence-electron chi connectivity index (χ4n) is 4.03. The molecule has 1 aliphatic rings. The Bertz CT molecular complexity index is 1120. The molecule has 0 aliphatic carbocycles. The summed E-state index contributed by atoms with van der Waals surface area (Å²) in [6.45, 7) is 5.96. The van der Waals surface area contributed by atoms with E-state index in [-0.39, 0.29) is 24.4 Å². The molecule has 1 heterocycles. The van der Waals surface area contributed by atoms with Crippen LogP contribution in [0.3, 0.4) is 0 Å². The quantitative estimate of drug-likeness (QED) is 0.355. The molecule has 2 atom stereocenters. The van der Waals surface area contributed by atoms with Crippen molar-refractivity contribution >= 4 is 40.9 Å². The Kier molecular flexibility index (Phi) is 9.55. The molecule has 0 radical (unpaired) electrons. The number of nitrogens with one attached hydrogen (secondary N) is 2. The van der Waals surface area contributed by atoms with Gasteiger partial charge in [0.15, 0.2) is 0 Å². The number of hydrogen-bond acceptors (Lipinski definition) is 5. The molecule has 0 fully saturated rings. The van der Waals surface area contributed by atoms with Crippen LogP contribution in [0.25, 0.3) is 0 Å². The Morgan fingerprint density at radius 3 is 2.58 bits per heavy atom. The third kappa shape index (κ3) is 7.35. The maximum Gasteiger partial charge on any atom is 0.344 e. The molecule has 2 N–H and O–H groups in total. The molecule has 3 amide bonds. The number of rotatable bonds is 10. The highest BCUT2D eigenvalue weighted by molar-refractivity contribution is 6.30. The first kappa shape index (κ1) is 27.3. The zero-order valence-corrected chi connectivity index (χ0v) is 21.2. The number of hydrogen-bond donors (Lipinski definition) is 2. The zero-order valence-electron chi connectivity index (χ0n) is 20.5. The molecular weight excluding hydrogens is 487 g/mol. The standard InChI is InChI=1S/C26H30ClFN4O4/c1-16(2)36-25(34)23-17(3)30-26(35)32(24(23)18-6-4-7-19(27)14-18)13-5-12-29-15-22(33)31-21-10-8-20(28)9-11-21/h4,6-11,14,16,23-24,29H,5,12-13,15H2,1-3H3,(H,31,33). The van der Waals surface area contributed by atoms with Crippen LogP contribution in [0.1, 0.15) is 38.8 Å². The smallest absolute Gasteiger partial charge is 0.344 e. The number of esters is 1. The Morgan fingerprint density at radius 2 is 1.92 bits per heavy atom. The number of nitrogens with zero attached hydrogens (tertiary/aromatic N) is 2. The predicted molar refractivity (Wildman–Crippen MR) is 137 cm³/mol. The van der Waals surface area contributed by atoms with Gasteiger partial charge in [-0.15, -0.1) is 0 Å². The molecule has 2 aromatic carbocycles. The summed E-state index contributed by atoms with van der Waals surface area (Å²) in [5, 5.41) is 6.20.